The maximum atomic E-state index is 14.8. The van der Waals surface area contributed by atoms with Crippen LogP contribution in [0.1, 0.15) is 17.7 Å². The van der Waals surface area contributed by atoms with Crippen LogP contribution in [-0.2, 0) is 14.6 Å². The third kappa shape index (κ3) is 6.16. The Balaban J connectivity index is 1.48. The molecule has 0 saturated carbocycles. The highest BCUT2D eigenvalue weighted by atomic mass is 35.5. The van der Waals surface area contributed by atoms with E-state index in [0.717, 1.165) is 18.2 Å². The Kier molecular flexibility index (Phi) is 8.23. The standard InChI is InChI=1S/C25H25ClF2N4O4S/c1-17(16-36-25(33)32-13-11-31(12-14-32)24-29-9-2-10-30-24)23(21-15-19(27)5-8-22(21)28)37(34,35)20-6-3-18(26)4-7-20/h2-10,15,17,23H,11-14,16H2,1H3/t17-,23+/m1/s1. The highest BCUT2D eigenvalue weighted by Crippen LogP contribution is 2.37. The molecule has 37 heavy (non-hydrogen) atoms. The summed E-state index contributed by atoms with van der Waals surface area (Å²) < 4.78 is 61.4. The Hall–Kier alpha value is -3.31. The minimum Gasteiger partial charge on any atom is -0.449 e. The summed E-state index contributed by atoms with van der Waals surface area (Å²) in [6.07, 6.45) is 2.66. The molecule has 1 fully saturated rings. The van der Waals surface area contributed by atoms with Crippen molar-refractivity contribution in [2.75, 3.05) is 37.7 Å². The highest BCUT2D eigenvalue weighted by molar-refractivity contribution is 7.91. The maximum Gasteiger partial charge on any atom is 0.409 e. The molecule has 1 aliphatic heterocycles. The van der Waals surface area contributed by atoms with Crippen LogP contribution in [0.4, 0.5) is 19.5 Å². The van der Waals surface area contributed by atoms with Crippen molar-refractivity contribution < 1.29 is 26.7 Å². The SMILES string of the molecule is C[C@H](COC(=O)N1CCN(c2ncccn2)CC1)[C@@H](c1cc(F)ccc1F)S(=O)(=O)c1ccc(Cl)cc1. The van der Waals surface area contributed by atoms with Gasteiger partial charge in [0.2, 0.25) is 5.95 Å². The van der Waals surface area contributed by atoms with Crippen molar-refractivity contribution >= 4 is 33.5 Å². The average Bonchev–Trinajstić information content (AvgIpc) is 2.90. The van der Waals surface area contributed by atoms with Crippen molar-refractivity contribution in [1.82, 2.24) is 14.9 Å². The van der Waals surface area contributed by atoms with E-state index in [2.05, 4.69) is 9.97 Å². The molecule has 2 aromatic carbocycles. The van der Waals surface area contributed by atoms with Gasteiger partial charge in [-0.2, -0.15) is 0 Å². The monoisotopic (exact) mass is 550 g/mol. The fourth-order valence-electron chi connectivity index (χ4n) is 4.21. The van der Waals surface area contributed by atoms with Gasteiger partial charge in [-0.3, -0.25) is 0 Å². The summed E-state index contributed by atoms with van der Waals surface area (Å²) in [6, 6.07) is 9.77. The number of anilines is 1. The van der Waals surface area contributed by atoms with Crippen molar-refractivity contribution in [3.05, 3.63) is 83.1 Å². The number of halogens is 3. The minimum absolute atomic E-state index is 0.108. The first-order valence-electron chi connectivity index (χ1n) is 11.5. The Morgan fingerprint density at radius 1 is 1.05 bits per heavy atom. The number of hydrogen-bond donors (Lipinski definition) is 0. The van der Waals surface area contributed by atoms with Crippen LogP contribution in [-0.4, -0.2) is 62.2 Å². The molecule has 196 valence electrons. The first kappa shape index (κ1) is 26.7. The van der Waals surface area contributed by atoms with Crippen molar-refractivity contribution in [2.24, 2.45) is 5.92 Å². The van der Waals surface area contributed by atoms with Crippen LogP contribution in [0.2, 0.25) is 5.02 Å². The number of aromatic nitrogens is 2. The number of rotatable bonds is 7. The Morgan fingerprint density at radius 3 is 2.35 bits per heavy atom. The molecule has 0 bridgehead atoms. The van der Waals surface area contributed by atoms with Gasteiger partial charge in [0, 0.05) is 55.1 Å². The van der Waals surface area contributed by atoms with Gasteiger partial charge in [0.25, 0.3) is 0 Å². The van der Waals surface area contributed by atoms with E-state index in [9.17, 15) is 22.0 Å². The van der Waals surface area contributed by atoms with Crippen molar-refractivity contribution in [3.8, 4) is 0 Å². The third-order valence-electron chi connectivity index (χ3n) is 6.10. The first-order chi connectivity index (χ1) is 17.7. The zero-order valence-electron chi connectivity index (χ0n) is 19.9. The van der Waals surface area contributed by atoms with E-state index in [1.54, 1.807) is 18.5 Å². The molecular formula is C25H25ClF2N4O4S. The van der Waals surface area contributed by atoms with Crippen molar-refractivity contribution in [1.29, 1.82) is 0 Å². The summed E-state index contributed by atoms with van der Waals surface area (Å²) in [5, 5.41) is -1.18. The highest BCUT2D eigenvalue weighted by Gasteiger charge is 2.37. The van der Waals surface area contributed by atoms with Crippen LogP contribution in [0.3, 0.4) is 0 Å². The lowest BCUT2D eigenvalue weighted by atomic mass is 10.0. The number of carbonyl (C=O) groups is 1. The second kappa shape index (κ2) is 11.4. The van der Waals surface area contributed by atoms with Gasteiger partial charge < -0.3 is 14.5 Å². The zero-order valence-corrected chi connectivity index (χ0v) is 21.5. The van der Waals surface area contributed by atoms with Gasteiger partial charge in [-0.25, -0.2) is 32.0 Å². The fraction of sp³-hybridized carbons (Fsp3) is 0.320. The second-order valence-corrected chi connectivity index (χ2v) is 11.2. The molecule has 0 unspecified atom stereocenters. The Bertz CT molecular complexity index is 1340. The number of nitrogens with zero attached hydrogens (tertiary/aromatic N) is 4. The van der Waals surface area contributed by atoms with Crippen LogP contribution in [0, 0.1) is 17.6 Å². The summed E-state index contributed by atoms with van der Waals surface area (Å²) in [7, 11) is -4.21. The van der Waals surface area contributed by atoms with Gasteiger partial charge in [0.05, 0.1) is 16.8 Å². The van der Waals surface area contributed by atoms with Crippen LogP contribution in [0.15, 0.2) is 65.8 Å². The van der Waals surface area contributed by atoms with Gasteiger partial charge in [0.15, 0.2) is 9.84 Å². The molecule has 2 atom stereocenters. The zero-order chi connectivity index (χ0) is 26.6. The third-order valence-corrected chi connectivity index (χ3v) is 8.67. The molecule has 12 heteroatoms. The van der Waals surface area contributed by atoms with E-state index in [0.29, 0.717) is 37.1 Å². The number of ether oxygens (including phenoxy) is 1. The summed E-state index contributed by atoms with van der Waals surface area (Å²) in [4.78, 5) is 24.5. The summed E-state index contributed by atoms with van der Waals surface area (Å²) >= 11 is 5.89. The van der Waals surface area contributed by atoms with Gasteiger partial charge >= 0.3 is 6.09 Å². The predicted molar refractivity (Wildman–Crippen MR) is 134 cm³/mol. The quantitative estimate of drug-likeness (QED) is 0.427. The molecule has 3 aromatic rings. The van der Waals surface area contributed by atoms with Gasteiger partial charge in [0.1, 0.15) is 11.6 Å². The average molecular weight is 551 g/mol. The lowest BCUT2D eigenvalue weighted by Crippen LogP contribution is -2.49. The molecule has 2 heterocycles. The van der Waals surface area contributed by atoms with E-state index < -0.39 is 38.7 Å². The molecule has 8 nitrogen and oxygen atoms in total. The number of hydrogen-bond acceptors (Lipinski definition) is 7. The summed E-state index contributed by atoms with van der Waals surface area (Å²) in [5.74, 6) is -1.99. The summed E-state index contributed by atoms with van der Waals surface area (Å²) in [5.41, 5.74) is -0.338. The number of carbonyl (C=O) groups excluding carboxylic acids is 1. The first-order valence-corrected chi connectivity index (χ1v) is 13.5. The summed E-state index contributed by atoms with van der Waals surface area (Å²) in [6.45, 7) is 2.90. The van der Waals surface area contributed by atoms with E-state index in [-0.39, 0.29) is 17.1 Å². The molecule has 0 radical (unpaired) electrons. The molecule has 4 rings (SSSR count). The van der Waals surface area contributed by atoms with Gasteiger partial charge in [-0.15, -0.1) is 0 Å². The minimum atomic E-state index is -4.21. The smallest absolute Gasteiger partial charge is 0.409 e. The molecule has 0 spiro atoms. The van der Waals surface area contributed by atoms with Crippen molar-refractivity contribution in [2.45, 2.75) is 17.1 Å². The molecule has 1 aromatic heterocycles. The van der Waals surface area contributed by atoms with Crippen LogP contribution < -0.4 is 4.90 Å². The van der Waals surface area contributed by atoms with E-state index >= 15 is 0 Å². The van der Waals surface area contributed by atoms with Gasteiger partial charge in [-0.05, 0) is 48.5 Å². The number of amides is 1. The van der Waals surface area contributed by atoms with Crippen LogP contribution in [0.25, 0.3) is 0 Å². The Morgan fingerprint density at radius 2 is 1.70 bits per heavy atom. The fourth-order valence-corrected chi connectivity index (χ4v) is 6.35. The van der Waals surface area contributed by atoms with Crippen molar-refractivity contribution in [3.63, 3.8) is 0 Å². The van der Waals surface area contributed by atoms with Crippen LogP contribution >= 0.6 is 11.6 Å². The molecule has 1 aliphatic rings. The lowest BCUT2D eigenvalue weighted by Gasteiger charge is -2.34. The second-order valence-electron chi connectivity index (χ2n) is 8.66. The molecular weight excluding hydrogens is 526 g/mol. The number of sulfone groups is 1. The predicted octanol–water partition coefficient (Wildman–Crippen LogP) is 4.52. The maximum absolute atomic E-state index is 14.8. The number of benzene rings is 2. The largest absolute Gasteiger partial charge is 0.449 e. The van der Waals surface area contributed by atoms with Crippen LogP contribution in [0.5, 0.6) is 0 Å². The van der Waals surface area contributed by atoms with E-state index in [4.69, 9.17) is 16.3 Å². The topological polar surface area (TPSA) is 92.7 Å². The Labute approximate surface area is 218 Å². The molecule has 0 N–H and O–H groups in total. The number of piperazine rings is 1. The van der Waals surface area contributed by atoms with E-state index in [1.807, 2.05) is 4.90 Å². The van der Waals surface area contributed by atoms with Gasteiger partial charge in [-0.1, -0.05) is 18.5 Å². The normalized spacial score (nSPS) is 15.8. The molecule has 0 aliphatic carbocycles. The van der Waals surface area contributed by atoms with E-state index in [1.165, 1.54) is 36.1 Å². The molecule has 1 saturated heterocycles. The lowest BCUT2D eigenvalue weighted by molar-refractivity contribution is 0.0868. The molecule has 1 amide bonds.